The van der Waals surface area contributed by atoms with Crippen LogP contribution in [0, 0.1) is 10.5 Å². The Balaban J connectivity index is 2.84. The van der Waals surface area contributed by atoms with Crippen LogP contribution in [-0.2, 0) is 0 Å². The number of hydrogen-bond donors (Lipinski definition) is 1. The summed E-state index contributed by atoms with van der Waals surface area (Å²) in [6.45, 7) is 6.53. The Bertz CT molecular complexity index is 336. The number of aryl methyl sites for hydroxylation is 1. The number of nitrogens with one attached hydrogen (secondary N) is 1. The van der Waals surface area contributed by atoms with Crippen LogP contribution in [0.25, 0.3) is 0 Å². The number of anilines is 1. The van der Waals surface area contributed by atoms with Crippen LogP contribution in [0.5, 0.6) is 0 Å². The monoisotopic (exact) mass is 365 g/mol. The summed E-state index contributed by atoms with van der Waals surface area (Å²) in [6, 6.07) is 4.74. The van der Waals surface area contributed by atoms with E-state index in [1.807, 2.05) is 6.07 Å². The maximum atomic E-state index is 6.31. The van der Waals surface area contributed by atoms with E-state index in [-0.39, 0.29) is 0 Å². The van der Waals surface area contributed by atoms with Crippen molar-refractivity contribution in [1.82, 2.24) is 0 Å². The van der Waals surface area contributed by atoms with Crippen LogP contribution in [0.15, 0.2) is 12.1 Å². The lowest BCUT2D eigenvalue weighted by molar-refractivity contribution is 0.586. The molecule has 0 saturated heterocycles. The molecular weight excluding hydrogens is 345 g/mol. The Kier molecular flexibility index (Phi) is 6.63. The van der Waals surface area contributed by atoms with Gasteiger partial charge in [-0.05, 0) is 60.1 Å². The molecule has 0 bridgehead atoms. The van der Waals surface area contributed by atoms with Gasteiger partial charge in [-0.2, -0.15) is 0 Å². The highest BCUT2D eigenvalue weighted by Crippen LogP contribution is 2.30. The molecule has 96 valence electrons. The van der Waals surface area contributed by atoms with Gasteiger partial charge in [-0.25, -0.2) is 0 Å². The quantitative estimate of drug-likeness (QED) is 0.644. The number of halogens is 2. The number of benzene rings is 1. The van der Waals surface area contributed by atoms with Crippen molar-refractivity contribution in [3.63, 3.8) is 0 Å². The van der Waals surface area contributed by atoms with E-state index in [0.717, 1.165) is 10.7 Å². The zero-order chi connectivity index (χ0) is 12.8. The van der Waals surface area contributed by atoms with Crippen LogP contribution in [0.2, 0.25) is 5.02 Å². The molecule has 1 aromatic rings. The molecule has 0 aliphatic carbocycles. The van der Waals surface area contributed by atoms with Crippen LogP contribution < -0.4 is 5.32 Å². The van der Waals surface area contributed by atoms with E-state index >= 15 is 0 Å². The second-order valence-electron chi connectivity index (χ2n) is 4.52. The average molecular weight is 366 g/mol. The standard InChI is InChI=1S/C14H21ClIN/c1-4-6-11(7-5-2)17-14-12(15)8-10(3)9-13(14)16/h8-9,11,17H,4-7H2,1-3H3. The molecule has 1 rings (SSSR count). The second kappa shape index (κ2) is 7.47. The third kappa shape index (κ3) is 4.66. The van der Waals surface area contributed by atoms with Gasteiger partial charge < -0.3 is 5.32 Å². The lowest BCUT2D eigenvalue weighted by Crippen LogP contribution is -2.19. The third-order valence-electron chi connectivity index (χ3n) is 2.81. The van der Waals surface area contributed by atoms with Crippen LogP contribution in [0.4, 0.5) is 5.69 Å². The van der Waals surface area contributed by atoms with Crippen LogP contribution in [-0.4, -0.2) is 6.04 Å². The van der Waals surface area contributed by atoms with Gasteiger partial charge in [-0.1, -0.05) is 38.3 Å². The maximum absolute atomic E-state index is 6.31. The molecule has 0 saturated carbocycles. The molecule has 0 aliphatic heterocycles. The summed E-state index contributed by atoms with van der Waals surface area (Å²) in [5.41, 5.74) is 2.32. The van der Waals surface area contributed by atoms with Crippen LogP contribution in [0.3, 0.4) is 0 Å². The lowest BCUT2D eigenvalue weighted by Gasteiger charge is -2.21. The Morgan fingerprint density at radius 1 is 1.24 bits per heavy atom. The summed E-state index contributed by atoms with van der Waals surface area (Å²) in [7, 11) is 0. The summed E-state index contributed by atoms with van der Waals surface area (Å²) >= 11 is 8.67. The van der Waals surface area contributed by atoms with Gasteiger partial charge in [0.1, 0.15) is 0 Å². The molecule has 0 amide bonds. The molecule has 0 radical (unpaired) electrons. The fourth-order valence-electron chi connectivity index (χ4n) is 2.03. The summed E-state index contributed by atoms with van der Waals surface area (Å²) in [6.07, 6.45) is 4.82. The van der Waals surface area contributed by atoms with Crippen molar-refractivity contribution >= 4 is 39.9 Å². The van der Waals surface area contributed by atoms with E-state index in [0.29, 0.717) is 6.04 Å². The maximum Gasteiger partial charge on any atom is 0.0667 e. The van der Waals surface area contributed by atoms with E-state index in [1.165, 1.54) is 34.8 Å². The van der Waals surface area contributed by atoms with Gasteiger partial charge in [0.2, 0.25) is 0 Å². The summed E-state index contributed by atoms with van der Waals surface area (Å²) < 4.78 is 1.21. The van der Waals surface area contributed by atoms with Crippen LogP contribution in [0.1, 0.15) is 45.1 Å². The van der Waals surface area contributed by atoms with Crippen molar-refractivity contribution in [2.75, 3.05) is 5.32 Å². The highest BCUT2D eigenvalue weighted by molar-refractivity contribution is 14.1. The molecule has 0 unspecified atom stereocenters. The molecule has 17 heavy (non-hydrogen) atoms. The topological polar surface area (TPSA) is 12.0 Å². The van der Waals surface area contributed by atoms with Crippen molar-refractivity contribution in [2.45, 2.75) is 52.5 Å². The molecule has 0 spiro atoms. The predicted molar refractivity (Wildman–Crippen MR) is 86.1 cm³/mol. The van der Waals surface area contributed by atoms with Gasteiger partial charge in [0.15, 0.2) is 0 Å². The highest BCUT2D eigenvalue weighted by atomic mass is 127. The van der Waals surface area contributed by atoms with Gasteiger partial charge >= 0.3 is 0 Å². The molecule has 1 nitrogen and oxygen atoms in total. The Morgan fingerprint density at radius 3 is 2.29 bits per heavy atom. The van der Waals surface area contributed by atoms with E-state index < -0.39 is 0 Å². The Morgan fingerprint density at radius 2 is 1.82 bits per heavy atom. The molecule has 3 heteroatoms. The predicted octanol–water partition coefficient (Wildman–Crippen LogP) is 5.63. The Hall–Kier alpha value is 0.0400. The summed E-state index contributed by atoms with van der Waals surface area (Å²) in [5, 5.41) is 4.44. The second-order valence-corrected chi connectivity index (χ2v) is 6.09. The number of rotatable bonds is 6. The smallest absolute Gasteiger partial charge is 0.0667 e. The SMILES string of the molecule is CCCC(CCC)Nc1c(Cl)cc(C)cc1I. The fraction of sp³-hybridized carbons (Fsp3) is 0.571. The van der Waals surface area contributed by atoms with Crippen LogP contribution >= 0.6 is 34.2 Å². The first-order valence-electron chi connectivity index (χ1n) is 6.30. The van der Waals surface area contributed by atoms with Crippen molar-refractivity contribution in [3.05, 3.63) is 26.3 Å². The third-order valence-corrected chi connectivity index (χ3v) is 3.96. The number of hydrogen-bond acceptors (Lipinski definition) is 1. The summed E-state index contributed by atoms with van der Waals surface area (Å²) in [4.78, 5) is 0. The van der Waals surface area contributed by atoms with E-state index in [1.54, 1.807) is 0 Å². The minimum atomic E-state index is 0.540. The molecular formula is C14H21ClIN. The molecule has 0 fully saturated rings. The zero-order valence-electron chi connectivity index (χ0n) is 10.8. The lowest BCUT2D eigenvalue weighted by atomic mass is 10.1. The zero-order valence-corrected chi connectivity index (χ0v) is 13.7. The van der Waals surface area contributed by atoms with Crippen molar-refractivity contribution in [2.24, 2.45) is 0 Å². The van der Waals surface area contributed by atoms with Gasteiger partial charge in [0, 0.05) is 9.61 Å². The fourth-order valence-corrected chi connectivity index (χ4v) is 3.45. The van der Waals surface area contributed by atoms with Crippen molar-refractivity contribution in [3.8, 4) is 0 Å². The van der Waals surface area contributed by atoms with Gasteiger partial charge in [0.05, 0.1) is 10.7 Å². The molecule has 0 aromatic heterocycles. The molecule has 0 aliphatic rings. The summed E-state index contributed by atoms with van der Waals surface area (Å²) in [5.74, 6) is 0. The normalized spacial score (nSPS) is 10.9. The molecule has 0 heterocycles. The average Bonchev–Trinajstić information content (AvgIpc) is 2.23. The largest absolute Gasteiger partial charge is 0.380 e. The minimum absolute atomic E-state index is 0.540. The molecule has 0 atom stereocenters. The molecule has 1 aromatic carbocycles. The minimum Gasteiger partial charge on any atom is -0.380 e. The van der Waals surface area contributed by atoms with Gasteiger partial charge in [-0.3, -0.25) is 0 Å². The van der Waals surface area contributed by atoms with Gasteiger partial charge in [0.25, 0.3) is 0 Å². The van der Waals surface area contributed by atoms with E-state index in [2.05, 4.69) is 54.7 Å². The first kappa shape index (κ1) is 15.1. The molecule has 1 N–H and O–H groups in total. The van der Waals surface area contributed by atoms with Crippen molar-refractivity contribution < 1.29 is 0 Å². The first-order chi connectivity index (χ1) is 8.08. The Labute approximate surface area is 123 Å². The van der Waals surface area contributed by atoms with E-state index in [4.69, 9.17) is 11.6 Å². The first-order valence-corrected chi connectivity index (χ1v) is 7.76. The highest BCUT2D eigenvalue weighted by Gasteiger charge is 2.11. The van der Waals surface area contributed by atoms with Gasteiger partial charge in [-0.15, -0.1) is 0 Å². The van der Waals surface area contributed by atoms with Crippen molar-refractivity contribution in [1.29, 1.82) is 0 Å². The van der Waals surface area contributed by atoms with E-state index in [9.17, 15) is 0 Å².